The second kappa shape index (κ2) is 8.01. The Balaban J connectivity index is 1.55. The highest BCUT2D eigenvalue weighted by atomic mass is 16.5. The zero-order valence-corrected chi connectivity index (χ0v) is 16.3. The Morgan fingerprint density at radius 2 is 1.66 bits per heavy atom. The van der Waals surface area contributed by atoms with Crippen LogP contribution in [0, 0.1) is 0 Å². The fourth-order valence-corrected chi connectivity index (χ4v) is 4.11. The lowest BCUT2D eigenvalue weighted by atomic mass is 10.0. The van der Waals surface area contributed by atoms with Crippen LogP contribution < -0.4 is 9.64 Å². The van der Waals surface area contributed by atoms with Crippen LogP contribution in [0.4, 0.5) is 0 Å². The molecule has 29 heavy (non-hydrogen) atoms. The van der Waals surface area contributed by atoms with Crippen molar-refractivity contribution in [1.29, 1.82) is 0 Å². The van der Waals surface area contributed by atoms with Gasteiger partial charge in [0.15, 0.2) is 0 Å². The van der Waals surface area contributed by atoms with Crippen LogP contribution in [0.5, 0.6) is 11.8 Å². The molecule has 1 N–H and O–H groups in total. The Morgan fingerprint density at radius 1 is 0.862 bits per heavy atom. The van der Waals surface area contributed by atoms with Crippen molar-refractivity contribution in [2.24, 2.45) is 0 Å². The molecule has 1 aliphatic heterocycles. The zero-order valence-electron chi connectivity index (χ0n) is 16.3. The molecule has 0 saturated carbocycles. The van der Waals surface area contributed by atoms with Crippen LogP contribution in [0.3, 0.4) is 0 Å². The van der Waals surface area contributed by atoms with E-state index in [1.165, 1.54) is 37.9 Å². The number of ether oxygens (including phenoxy) is 1. The van der Waals surface area contributed by atoms with E-state index < -0.39 is 0 Å². The number of fused-ring (bicyclic) bond motifs is 1. The molecule has 0 spiro atoms. The summed E-state index contributed by atoms with van der Waals surface area (Å²) in [4.78, 5) is 1.61. The molecule has 1 aliphatic rings. The minimum Gasteiger partial charge on any atom is -0.422 e. The van der Waals surface area contributed by atoms with Crippen LogP contribution >= 0.6 is 0 Å². The van der Waals surface area contributed by atoms with Gasteiger partial charge in [0.1, 0.15) is 12.3 Å². The van der Waals surface area contributed by atoms with Gasteiger partial charge in [-0.25, -0.2) is 0 Å². The number of aromatic nitrogens is 4. The molecule has 1 fully saturated rings. The van der Waals surface area contributed by atoms with Crippen molar-refractivity contribution in [3.63, 3.8) is 0 Å². The summed E-state index contributed by atoms with van der Waals surface area (Å²) < 4.78 is 8.04. The Bertz CT molecular complexity index is 1100. The second-order valence-electron chi connectivity index (χ2n) is 7.57. The number of hydrogen-bond acceptors (Lipinski definition) is 4. The van der Waals surface area contributed by atoms with E-state index in [4.69, 9.17) is 4.74 Å². The number of likely N-dealkylation sites (tertiary alicyclic amines) is 1. The summed E-state index contributed by atoms with van der Waals surface area (Å²) >= 11 is 0. The molecule has 3 aromatic carbocycles. The summed E-state index contributed by atoms with van der Waals surface area (Å²) in [6.07, 6.45) is 3.94. The van der Waals surface area contributed by atoms with Gasteiger partial charge in [-0.15, -0.1) is 0 Å². The topological polar surface area (TPSA) is 57.3 Å². The van der Waals surface area contributed by atoms with Crippen molar-refractivity contribution < 1.29 is 9.64 Å². The number of rotatable bonds is 5. The van der Waals surface area contributed by atoms with E-state index in [1.54, 1.807) is 9.58 Å². The molecule has 2 heterocycles. The lowest BCUT2D eigenvalue weighted by Crippen LogP contribution is -3.11. The van der Waals surface area contributed by atoms with Crippen molar-refractivity contribution in [3.8, 4) is 17.4 Å². The number of nitrogens with one attached hydrogen (secondary N) is 1. The molecule has 0 radical (unpaired) electrons. The molecule has 0 atom stereocenters. The third-order valence-corrected chi connectivity index (χ3v) is 5.60. The predicted molar refractivity (Wildman–Crippen MR) is 111 cm³/mol. The van der Waals surface area contributed by atoms with E-state index in [-0.39, 0.29) is 0 Å². The fourth-order valence-electron chi connectivity index (χ4n) is 4.11. The maximum absolute atomic E-state index is 6.40. The first-order valence-electron chi connectivity index (χ1n) is 10.2. The highest BCUT2D eigenvalue weighted by Crippen LogP contribution is 2.33. The molecule has 6 heteroatoms. The maximum Gasteiger partial charge on any atom is 0.345 e. The van der Waals surface area contributed by atoms with Gasteiger partial charge in [0, 0.05) is 10.9 Å². The zero-order chi connectivity index (χ0) is 19.5. The monoisotopic (exact) mass is 386 g/mol. The molecule has 0 unspecified atom stereocenters. The summed E-state index contributed by atoms with van der Waals surface area (Å²) in [5, 5.41) is 14.4. The van der Waals surface area contributed by atoms with E-state index in [0.29, 0.717) is 6.01 Å². The normalized spacial score (nSPS) is 14.9. The molecule has 4 aromatic rings. The highest BCUT2D eigenvalue weighted by Gasteiger charge is 2.20. The van der Waals surface area contributed by atoms with E-state index in [0.717, 1.165) is 28.8 Å². The summed E-state index contributed by atoms with van der Waals surface area (Å²) in [5.41, 5.74) is 2.07. The third-order valence-electron chi connectivity index (χ3n) is 5.60. The maximum atomic E-state index is 6.40. The lowest BCUT2D eigenvalue weighted by molar-refractivity contribution is -0.918. The van der Waals surface area contributed by atoms with Gasteiger partial charge in [0.25, 0.3) is 0 Å². The smallest absolute Gasteiger partial charge is 0.345 e. The average molecular weight is 386 g/mol. The van der Waals surface area contributed by atoms with Gasteiger partial charge in [0.2, 0.25) is 0 Å². The largest absolute Gasteiger partial charge is 0.422 e. The molecule has 1 aromatic heterocycles. The number of quaternary nitrogens is 1. The first-order chi connectivity index (χ1) is 14.4. The van der Waals surface area contributed by atoms with Crippen LogP contribution in [0.25, 0.3) is 16.5 Å². The molecule has 1 saturated heterocycles. The molecule has 6 nitrogen and oxygen atoms in total. The van der Waals surface area contributed by atoms with Crippen LogP contribution in [0.15, 0.2) is 66.7 Å². The number of tetrazole rings is 1. The molecule has 0 aliphatic carbocycles. The summed E-state index contributed by atoms with van der Waals surface area (Å²) in [6, 6.07) is 22.9. The first kappa shape index (κ1) is 17.8. The Kier molecular flexibility index (Phi) is 4.92. The quantitative estimate of drug-likeness (QED) is 0.572. The number of hydrogen-bond donors (Lipinski definition) is 1. The van der Waals surface area contributed by atoms with Crippen LogP contribution in [0.1, 0.15) is 24.8 Å². The van der Waals surface area contributed by atoms with Gasteiger partial charge in [-0.2, -0.15) is 4.68 Å². The number of nitrogens with zero attached hydrogens (tertiary/aromatic N) is 4. The van der Waals surface area contributed by atoms with Gasteiger partial charge in [-0.3, -0.25) is 0 Å². The summed E-state index contributed by atoms with van der Waals surface area (Å²) in [6.45, 7) is 3.38. The van der Waals surface area contributed by atoms with Crippen molar-refractivity contribution >= 4 is 10.8 Å². The second-order valence-corrected chi connectivity index (χ2v) is 7.57. The SMILES string of the molecule is c1ccc(-n2nnnc2Oc2c(C[NH+]3CCCCC3)ccc3ccccc23)cc1. The van der Waals surface area contributed by atoms with Gasteiger partial charge < -0.3 is 9.64 Å². The van der Waals surface area contributed by atoms with Gasteiger partial charge in [-0.05, 0) is 53.3 Å². The lowest BCUT2D eigenvalue weighted by Gasteiger charge is -2.24. The highest BCUT2D eigenvalue weighted by molar-refractivity contribution is 5.89. The molecular weight excluding hydrogens is 362 g/mol. The Labute approximate surface area is 169 Å². The van der Waals surface area contributed by atoms with Crippen LogP contribution in [-0.4, -0.2) is 33.3 Å². The molecule has 146 valence electrons. The van der Waals surface area contributed by atoms with Crippen molar-refractivity contribution in [1.82, 2.24) is 20.2 Å². The van der Waals surface area contributed by atoms with Crippen molar-refractivity contribution in [2.75, 3.05) is 13.1 Å². The van der Waals surface area contributed by atoms with Crippen molar-refractivity contribution in [3.05, 3.63) is 72.3 Å². The minimum atomic E-state index is 0.377. The number of para-hydroxylation sites is 1. The minimum absolute atomic E-state index is 0.377. The summed E-state index contributed by atoms with van der Waals surface area (Å²) in [7, 11) is 0. The van der Waals surface area contributed by atoms with E-state index in [2.05, 4.69) is 45.9 Å². The van der Waals surface area contributed by atoms with E-state index >= 15 is 0 Å². The Morgan fingerprint density at radius 3 is 2.52 bits per heavy atom. The molecule has 5 rings (SSSR count). The Hall–Kier alpha value is -3.25. The van der Waals surface area contributed by atoms with Crippen molar-refractivity contribution in [2.45, 2.75) is 25.8 Å². The number of piperidine rings is 1. The van der Waals surface area contributed by atoms with Gasteiger partial charge in [0.05, 0.1) is 18.8 Å². The van der Waals surface area contributed by atoms with Gasteiger partial charge >= 0.3 is 6.01 Å². The molecule has 0 bridgehead atoms. The number of benzene rings is 3. The standard InChI is InChI=1S/C23H23N5O/c1-3-10-20(11-4-1)28-23(24-25-26-28)29-22-19(17-27-15-7-2-8-16-27)14-13-18-9-5-6-12-21(18)22/h1,3-6,9-14H,2,7-8,15-17H2/p+1. The van der Waals surface area contributed by atoms with Crippen LogP contribution in [0.2, 0.25) is 0 Å². The van der Waals surface area contributed by atoms with E-state index in [1.807, 2.05) is 36.4 Å². The molecular formula is C23H24N5O+. The third kappa shape index (κ3) is 3.71. The van der Waals surface area contributed by atoms with Crippen LogP contribution in [-0.2, 0) is 6.54 Å². The van der Waals surface area contributed by atoms with E-state index in [9.17, 15) is 0 Å². The van der Waals surface area contributed by atoms with Gasteiger partial charge in [-0.1, -0.05) is 53.6 Å². The summed E-state index contributed by atoms with van der Waals surface area (Å²) in [5.74, 6) is 0.855. The predicted octanol–water partition coefficient (Wildman–Crippen LogP) is 3.18. The average Bonchev–Trinajstić information content (AvgIpc) is 3.25. The molecule has 0 amide bonds. The fraction of sp³-hybridized carbons (Fsp3) is 0.261. The first-order valence-corrected chi connectivity index (χ1v) is 10.2.